The lowest BCUT2D eigenvalue weighted by Gasteiger charge is -2.39. The van der Waals surface area contributed by atoms with E-state index in [1.807, 2.05) is 36.3 Å². The van der Waals surface area contributed by atoms with E-state index in [0.29, 0.717) is 31.7 Å². The Bertz CT molecular complexity index is 1040. The Morgan fingerprint density at radius 3 is 2.38 bits per heavy atom. The first-order valence-corrected chi connectivity index (χ1v) is 12.4. The number of amides is 3. The van der Waals surface area contributed by atoms with Gasteiger partial charge in [-0.2, -0.15) is 5.10 Å². The summed E-state index contributed by atoms with van der Waals surface area (Å²) < 4.78 is 1.74. The number of carbonyl (C=O) groups is 3. The maximum atomic E-state index is 13.5. The Balaban J connectivity index is 1.40. The molecule has 9 nitrogen and oxygen atoms in total. The average Bonchev–Trinajstić information content (AvgIpc) is 3.25. The highest BCUT2D eigenvalue weighted by atomic mass is 16.2. The van der Waals surface area contributed by atoms with Crippen molar-refractivity contribution in [3.8, 4) is 0 Å². The number of aryl methyl sites for hydroxylation is 1. The molecule has 0 spiro atoms. The highest BCUT2D eigenvalue weighted by Gasteiger charge is 2.36. The third-order valence-electron chi connectivity index (χ3n) is 7.26. The molecule has 3 amide bonds. The molecule has 2 fully saturated rings. The van der Waals surface area contributed by atoms with Crippen LogP contribution in [0, 0.1) is 5.92 Å². The Hall–Kier alpha value is -2.94. The zero-order valence-electron chi connectivity index (χ0n) is 20.4. The fraction of sp³-hybridized carbons (Fsp3) is 0.600. The summed E-state index contributed by atoms with van der Waals surface area (Å²) in [5.41, 5.74) is 1.49. The topological polar surface area (TPSA) is 99.6 Å². The van der Waals surface area contributed by atoms with Crippen LogP contribution in [0.2, 0.25) is 0 Å². The van der Waals surface area contributed by atoms with Crippen molar-refractivity contribution in [2.75, 3.05) is 33.2 Å². The molecule has 1 aliphatic carbocycles. The zero-order valence-corrected chi connectivity index (χ0v) is 20.4. The second-order valence-corrected chi connectivity index (χ2v) is 9.59. The van der Waals surface area contributed by atoms with Crippen molar-refractivity contribution in [3.05, 3.63) is 30.0 Å². The van der Waals surface area contributed by atoms with Crippen LogP contribution in [-0.2, 0) is 16.6 Å². The number of likely N-dealkylation sites (N-methyl/N-ethyl adjacent to an activating group) is 1. The molecule has 1 aliphatic heterocycles. The molecule has 1 unspecified atom stereocenters. The molecule has 34 heavy (non-hydrogen) atoms. The molecule has 1 saturated heterocycles. The van der Waals surface area contributed by atoms with Gasteiger partial charge in [-0.3, -0.25) is 19.1 Å². The fourth-order valence-corrected chi connectivity index (χ4v) is 5.05. The summed E-state index contributed by atoms with van der Waals surface area (Å²) in [6.45, 7) is 3.70. The minimum absolute atomic E-state index is 0.0209. The summed E-state index contributed by atoms with van der Waals surface area (Å²) >= 11 is 0. The van der Waals surface area contributed by atoms with Gasteiger partial charge in [-0.25, -0.2) is 0 Å². The van der Waals surface area contributed by atoms with Crippen LogP contribution in [0.1, 0.15) is 49.4 Å². The van der Waals surface area contributed by atoms with E-state index >= 15 is 0 Å². The third-order valence-corrected chi connectivity index (χ3v) is 7.26. The average molecular weight is 469 g/mol. The van der Waals surface area contributed by atoms with Gasteiger partial charge in [0, 0.05) is 50.4 Å². The van der Waals surface area contributed by atoms with E-state index in [2.05, 4.69) is 15.7 Å². The molecule has 184 valence electrons. The van der Waals surface area contributed by atoms with Gasteiger partial charge >= 0.3 is 0 Å². The normalized spacial score (nSPS) is 19.1. The molecule has 0 radical (unpaired) electrons. The number of benzene rings is 1. The van der Waals surface area contributed by atoms with E-state index in [-0.39, 0.29) is 29.7 Å². The maximum absolute atomic E-state index is 13.5. The second kappa shape index (κ2) is 10.5. The lowest BCUT2D eigenvalue weighted by molar-refractivity contribution is -0.140. The SMILES string of the molecule is CN[C@@H](C)C(=O)NC(C(=O)N1CCN(C(=O)c2ccc3nn(C)cc3c2)CC1)C1CCCCC1. The molecular weight excluding hydrogens is 432 g/mol. The first kappa shape index (κ1) is 24.2. The van der Waals surface area contributed by atoms with Crippen LogP contribution < -0.4 is 10.6 Å². The summed E-state index contributed by atoms with van der Waals surface area (Å²) in [5, 5.41) is 11.3. The number of fused-ring (bicyclic) bond motifs is 1. The zero-order chi connectivity index (χ0) is 24.2. The summed E-state index contributed by atoms with van der Waals surface area (Å²) in [5.74, 6) is -0.0311. The predicted molar refractivity (Wildman–Crippen MR) is 130 cm³/mol. The number of hydrogen-bond donors (Lipinski definition) is 2. The van der Waals surface area contributed by atoms with Crippen LogP contribution in [0.25, 0.3) is 10.9 Å². The summed E-state index contributed by atoms with van der Waals surface area (Å²) in [7, 11) is 3.60. The van der Waals surface area contributed by atoms with Crippen molar-refractivity contribution in [2.24, 2.45) is 13.0 Å². The van der Waals surface area contributed by atoms with E-state index in [0.717, 1.165) is 36.6 Å². The Morgan fingerprint density at radius 1 is 1.03 bits per heavy atom. The van der Waals surface area contributed by atoms with Crippen molar-refractivity contribution in [1.29, 1.82) is 0 Å². The van der Waals surface area contributed by atoms with E-state index in [9.17, 15) is 14.4 Å². The first-order valence-electron chi connectivity index (χ1n) is 12.4. The number of nitrogens with zero attached hydrogens (tertiary/aromatic N) is 4. The van der Waals surface area contributed by atoms with Crippen LogP contribution in [0.4, 0.5) is 0 Å². The van der Waals surface area contributed by atoms with E-state index in [4.69, 9.17) is 0 Å². The van der Waals surface area contributed by atoms with Gasteiger partial charge in [0.25, 0.3) is 5.91 Å². The molecule has 2 N–H and O–H groups in total. The largest absolute Gasteiger partial charge is 0.343 e. The lowest BCUT2D eigenvalue weighted by Crippen LogP contribution is -2.59. The number of hydrogen-bond acceptors (Lipinski definition) is 5. The van der Waals surface area contributed by atoms with Crippen molar-refractivity contribution < 1.29 is 14.4 Å². The van der Waals surface area contributed by atoms with Crippen molar-refractivity contribution in [2.45, 2.75) is 51.1 Å². The minimum atomic E-state index is -0.501. The Labute approximate surface area is 200 Å². The molecule has 2 aliphatic rings. The standard InChI is InChI=1S/C25H36N6O3/c1-17(26-2)23(32)27-22(18-7-5-4-6-8-18)25(34)31-13-11-30(12-14-31)24(33)19-9-10-21-20(15-19)16-29(3)28-21/h9-10,15-18,22,26H,4-8,11-14H2,1-3H3,(H,27,32)/t17-,22?/m0/s1. The number of aromatic nitrogens is 2. The van der Waals surface area contributed by atoms with Crippen molar-refractivity contribution in [3.63, 3.8) is 0 Å². The minimum Gasteiger partial charge on any atom is -0.343 e. The molecule has 0 bridgehead atoms. The maximum Gasteiger partial charge on any atom is 0.253 e. The van der Waals surface area contributed by atoms with Crippen LogP contribution in [-0.4, -0.2) is 82.6 Å². The van der Waals surface area contributed by atoms with Gasteiger partial charge in [0.05, 0.1) is 11.6 Å². The summed E-state index contributed by atoms with van der Waals surface area (Å²) in [6.07, 6.45) is 7.19. The number of rotatable bonds is 6. The van der Waals surface area contributed by atoms with Crippen molar-refractivity contribution >= 4 is 28.6 Å². The van der Waals surface area contributed by atoms with Gasteiger partial charge in [-0.15, -0.1) is 0 Å². The van der Waals surface area contributed by atoms with Crippen molar-refractivity contribution in [1.82, 2.24) is 30.2 Å². The molecule has 2 aromatic rings. The Morgan fingerprint density at radius 2 is 1.71 bits per heavy atom. The van der Waals surface area contributed by atoms with E-state index in [1.165, 1.54) is 6.42 Å². The molecule has 1 saturated carbocycles. The smallest absolute Gasteiger partial charge is 0.253 e. The van der Waals surface area contributed by atoms with Gasteiger partial charge in [-0.1, -0.05) is 19.3 Å². The Kier molecular flexibility index (Phi) is 7.50. The molecule has 2 atom stereocenters. The van der Waals surface area contributed by atoms with Gasteiger partial charge in [0.2, 0.25) is 11.8 Å². The molecule has 1 aromatic carbocycles. The molecule has 4 rings (SSSR count). The first-order chi connectivity index (χ1) is 16.4. The quantitative estimate of drug-likeness (QED) is 0.670. The highest BCUT2D eigenvalue weighted by molar-refractivity contribution is 5.98. The second-order valence-electron chi connectivity index (χ2n) is 9.59. The number of nitrogens with one attached hydrogen (secondary N) is 2. The van der Waals surface area contributed by atoms with Gasteiger partial charge in [0.1, 0.15) is 6.04 Å². The third kappa shape index (κ3) is 5.24. The number of piperazine rings is 1. The van der Waals surface area contributed by atoms with Crippen LogP contribution in [0.15, 0.2) is 24.4 Å². The van der Waals surface area contributed by atoms with Crippen LogP contribution in [0.3, 0.4) is 0 Å². The molecule has 9 heteroatoms. The van der Waals surface area contributed by atoms with Crippen LogP contribution in [0.5, 0.6) is 0 Å². The predicted octanol–water partition coefficient (Wildman–Crippen LogP) is 1.53. The van der Waals surface area contributed by atoms with Gasteiger partial charge in [0.15, 0.2) is 0 Å². The molecule has 1 aromatic heterocycles. The van der Waals surface area contributed by atoms with Gasteiger partial charge in [-0.05, 0) is 50.9 Å². The number of carbonyl (C=O) groups excluding carboxylic acids is 3. The van der Waals surface area contributed by atoms with Crippen LogP contribution >= 0.6 is 0 Å². The highest BCUT2D eigenvalue weighted by Crippen LogP contribution is 2.28. The monoisotopic (exact) mass is 468 g/mol. The lowest BCUT2D eigenvalue weighted by atomic mass is 9.83. The molecule has 2 heterocycles. The van der Waals surface area contributed by atoms with Gasteiger partial charge < -0.3 is 20.4 Å². The van der Waals surface area contributed by atoms with E-state index < -0.39 is 6.04 Å². The molecular formula is C25H36N6O3. The van der Waals surface area contributed by atoms with E-state index in [1.54, 1.807) is 23.6 Å². The fourth-order valence-electron chi connectivity index (χ4n) is 5.05. The summed E-state index contributed by atoms with van der Waals surface area (Å²) in [6, 6.07) is 4.70. The summed E-state index contributed by atoms with van der Waals surface area (Å²) in [4.78, 5) is 42.8.